The lowest BCUT2D eigenvalue weighted by molar-refractivity contribution is 0.745. The average Bonchev–Trinajstić information content (AvgIpc) is 3.70. The van der Waals surface area contributed by atoms with E-state index < -0.39 is 5.41 Å². The first-order chi connectivity index (χ1) is 31.3. The predicted octanol–water partition coefficient (Wildman–Crippen LogP) is 16.0. The summed E-state index contributed by atoms with van der Waals surface area (Å²) in [5, 5.41) is 2.51. The fourth-order valence-corrected chi connectivity index (χ4v) is 9.71. The van der Waals surface area contributed by atoms with Gasteiger partial charge in [0.2, 0.25) is 0 Å². The highest BCUT2D eigenvalue weighted by atomic mass is 15.1. The molecule has 10 aromatic carbocycles. The first kappa shape index (κ1) is 37.8. The van der Waals surface area contributed by atoms with Crippen LogP contribution in [0.25, 0.3) is 49.7 Å². The van der Waals surface area contributed by atoms with Gasteiger partial charge in [0.05, 0.1) is 22.1 Å². The molecule has 0 aliphatic carbocycles. The maximum Gasteiger partial charge on any atom is 0.0702 e. The van der Waals surface area contributed by atoms with Crippen molar-refractivity contribution in [2.24, 2.45) is 0 Å². The molecule has 0 saturated heterocycles. The summed E-state index contributed by atoms with van der Waals surface area (Å²) in [5.41, 5.74) is 15.7. The summed E-state index contributed by atoms with van der Waals surface area (Å²) in [5.74, 6) is 0. The molecule has 0 saturated carbocycles. The van der Waals surface area contributed by atoms with Crippen molar-refractivity contribution in [3.05, 3.63) is 289 Å². The van der Waals surface area contributed by atoms with Gasteiger partial charge in [0.15, 0.2) is 0 Å². The molecule has 0 bridgehead atoms. The van der Waals surface area contributed by atoms with E-state index in [9.17, 15) is 0 Å². The lowest BCUT2D eigenvalue weighted by Gasteiger charge is -2.37. The second-order valence-electron chi connectivity index (χ2n) is 16.1. The van der Waals surface area contributed by atoms with Crippen molar-refractivity contribution in [3.63, 3.8) is 0 Å². The van der Waals surface area contributed by atoms with Gasteiger partial charge >= 0.3 is 0 Å². The number of benzene rings is 10. The predicted molar refractivity (Wildman–Crippen MR) is 265 cm³/mol. The van der Waals surface area contributed by atoms with E-state index >= 15 is 0 Å². The van der Waals surface area contributed by atoms with Gasteiger partial charge in [-0.3, -0.25) is 0 Å². The van der Waals surface area contributed by atoms with Gasteiger partial charge in [-0.2, -0.15) is 0 Å². The quantitative estimate of drug-likeness (QED) is 0.125. The highest BCUT2D eigenvalue weighted by molar-refractivity contribution is 6.09. The summed E-state index contributed by atoms with van der Waals surface area (Å²) >= 11 is 0. The molecule has 0 atom stereocenters. The molecule has 0 fully saturated rings. The Kier molecular flexibility index (Phi) is 9.80. The molecule has 2 nitrogen and oxygen atoms in total. The van der Waals surface area contributed by atoms with Crippen LogP contribution in [0.1, 0.15) is 22.3 Å². The van der Waals surface area contributed by atoms with Crippen molar-refractivity contribution >= 4 is 38.9 Å². The third-order valence-electron chi connectivity index (χ3n) is 12.6. The van der Waals surface area contributed by atoms with E-state index in [1.165, 1.54) is 60.8 Å². The number of hydrogen-bond acceptors (Lipinski definition) is 1. The van der Waals surface area contributed by atoms with Crippen LogP contribution in [-0.2, 0) is 5.41 Å². The van der Waals surface area contributed by atoms with E-state index in [0.717, 1.165) is 28.3 Å². The van der Waals surface area contributed by atoms with Crippen molar-refractivity contribution in [1.82, 2.24) is 4.57 Å². The number of para-hydroxylation sites is 3. The second kappa shape index (κ2) is 16.3. The summed E-state index contributed by atoms with van der Waals surface area (Å²) in [4.78, 5) is 2.40. The number of nitrogens with zero attached hydrogens (tertiary/aromatic N) is 2. The fourth-order valence-electron chi connectivity index (χ4n) is 9.71. The topological polar surface area (TPSA) is 8.17 Å². The second-order valence-corrected chi connectivity index (χ2v) is 16.1. The molecule has 0 radical (unpaired) electrons. The maximum absolute atomic E-state index is 2.42. The zero-order valence-electron chi connectivity index (χ0n) is 34.8. The van der Waals surface area contributed by atoms with Crippen molar-refractivity contribution in [2.45, 2.75) is 5.41 Å². The highest BCUT2D eigenvalue weighted by Gasteiger charge is 2.38. The molecular formula is C61H44N2. The molecule has 11 aromatic rings. The molecule has 0 unspecified atom stereocenters. The Morgan fingerprint density at radius 3 is 1.24 bits per heavy atom. The zero-order chi connectivity index (χ0) is 42.0. The lowest BCUT2D eigenvalue weighted by atomic mass is 9.65. The van der Waals surface area contributed by atoms with Gasteiger partial charge in [0.1, 0.15) is 0 Å². The Morgan fingerprint density at radius 1 is 0.286 bits per heavy atom. The Morgan fingerprint density at radius 2 is 0.698 bits per heavy atom. The van der Waals surface area contributed by atoms with Crippen molar-refractivity contribution in [2.75, 3.05) is 4.90 Å². The molecule has 1 heterocycles. The normalized spacial score (nSPS) is 11.5. The Bertz CT molecular complexity index is 3150. The summed E-state index contributed by atoms with van der Waals surface area (Å²) in [6.45, 7) is 0. The van der Waals surface area contributed by atoms with Crippen molar-refractivity contribution in [3.8, 4) is 27.9 Å². The van der Waals surface area contributed by atoms with Crippen LogP contribution >= 0.6 is 0 Å². The van der Waals surface area contributed by atoms with Crippen LogP contribution in [0.4, 0.5) is 17.1 Å². The Balaban J connectivity index is 1.08. The van der Waals surface area contributed by atoms with Gasteiger partial charge in [0, 0.05) is 33.4 Å². The van der Waals surface area contributed by atoms with Crippen LogP contribution in [-0.4, -0.2) is 4.57 Å². The summed E-state index contributed by atoms with van der Waals surface area (Å²) in [6, 6.07) is 96.9. The molecule has 11 rings (SSSR count). The molecule has 2 heteroatoms. The van der Waals surface area contributed by atoms with Crippen LogP contribution in [0, 0.1) is 0 Å². The van der Waals surface area contributed by atoms with Crippen LogP contribution < -0.4 is 4.90 Å². The maximum atomic E-state index is 2.42. The van der Waals surface area contributed by atoms with Crippen LogP contribution in [0.5, 0.6) is 0 Å². The van der Waals surface area contributed by atoms with Gasteiger partial charge in [-0.05, 0) is 93.5 Å². The largest absolute Gasteiger partial charge is 0.310 e. The minimum Gasteiger partial charge on any atom is -0.310 e. The Labute approximate surface area is 369 Å². The van der Waals surface area contributed by atoms with Crippen molar-refractivity contribution in [1.29, 1.82) is 0 Å². The minimum atomic E-state index is -0.580. The molecule has 0 aliphatic heterocycles. The van der Waals surface area contributed by atoms with Crippen LogP contribution in [0.15, 0.2) is 267 Å². The molecule has 298 valence electrons. The first-order valence-electron chi connectivity index (χ1n) is 21.7. The molecule has 1 aromatic heterocycles. The van der Waals surface area contributed by atoms with E-state index in [2.05, 4.69) is 276 Å². The standard InChI is InChI=1S/C61H44N2/c1-5-20-45(21-6-1)46-36-40-52(41-37-46)62(54-29-19-28-51(44-54)61(48-22-7-2-8-23-48,49-24-9-3-10-25-49)50-26-11-4-12-27-50)53-42-38-47(39-43-53)55-30-13-16-33-58(55)63-59-34-17-14-31-56(59)57-32-15-18-35-60(57)63/h1-44H. The van der Waals surface area contributed by atoms with E-state index in [0.29, 0.717) is 0 Å². The van der Waals surface area contributed by atoms with Gasteiger partial charge in [0.25, 0.3) is 0 Å². The molecule has 0 aliphatic rings. The molecule has 63 heavy (non-hydrogen) atoms. The number of fused-ring (bicyclic) bond motifs is 3. The minimum absolute atomic E-state index is 0.580. The number of aromatic nitrogens is 1. The molecule has 0 spiro atoms. The summed E-state index contributed by atoms with van der Waals surface area (Å²) < 4.78 is 2.42. The SMILES string of the molecule is c1ccc(-c2ccc(N(c3ccc(-c4ccccc4-n4c5ccccc5c5ccccc54)cc3)c3cccc(C(c4ccccc4)(c4ccccc4)c4ccccc4)c3)cc2)cc1. The summed E-state index contributed by atoms with van der Waals surface area (Å²) in [6.07, 6.45) is 0. The van der Waals surface area contributed by atoms with Crippen LogP contribution in [0.2, 0.25) is 0 Å². The highest BCUT2D eigenvalue weighted by Crippen LogP contribution is 2.47. The number of hydrogen-bond donors (Lipinski definition) is 0. The third kappa shape index (κ3) is 6.70. The molecular weight excluding hydrogens is 761 g/mol. The van der Waals surface area contributed by atoms with E-state index in [1.807, 2.05) is 0 Å². The van der Waals surface area contributed by atoms with Gasteiger partial charge in [-0.15, -0.1) is 0 Å². The Hall–Kier alpha value is -8.20. The number of anilines is 3. The summed E-state index contributed by atoms with van der Waals surface area (Å²) in [7, 11) is 0. The third-order valence-corrected chi connectivity index (χ3v) is 12.6. The molecule has 0 N–H and O–H groups in total. The molecule has 0 amide bonds. The first-order valence-corrected chi connectivity index (χ1v) is 21.7. The smallest absolute Gasteiger partial charge is 0.0702 e. The van der Waals surface area contributed by atoms with Crippen molar-refractivity contribution < 1.29 is 0 Å². The van der Waals surface area contributed by atoms with Gasteiger partial charge in [-0.25, -0.2) is 0 Å². The fraction of sp³-hybridized carbons (Fsp3) is 0.0164. The van der Waals surface area contributed by atoms with E-state index in [1.54, 1.807) is 0 Å². The average molecular weight is 805 g/mol. The lowest BCUT2D eigenvalue weighted by Crippen LogP contribution is -2.31. The van der Waals surface area contributed by atoms with E-state index in [4.69, 9.17) is 0 Å². The monoisotopic (exact) mass is 804 g/mol. The van der Waals surface area contributed by atoms with Gasteiger partial charge in [-0.1, -0.05) is 212 Å². The van der Waals surface area contributed by atoms with Gasteiger partial charge < -0.3 is 9.47 Å². The number of rotatable bonds is 10. The van der Waals surface area contributed by atoms with Crippen LogP contribution in [0.3, 0.4) is 0 Å². The van der Waals surface area contributed by atoms with E-state index in [-0.39, 0.29) is 0 Å². The zero-order valence-corrected chi connectivity index (χ0v) is 34.8.